The van der Waals surface area contributed by atoms with E-state index in [4.69, 9.17) is 11.5 Å². The molecule has 0 spiro atoms. The molecule has 0 bridgehead atoms. The van der Waals surface area contributed by atoms with Gasteiger partial charge in [-0.05, 0) is 19.3 Å². The number of hydrogen-bond acceptors (Lipinski definition) is 1. The highest BCUT2D eigenvalue weighted by atomic mass is 35.5. The number of rotatable bonds is 6. The Bertz CT molecular complexity index is 324. The van der Waals surface area contributed by atoms with Gasteiger partial charge in [0.1, 0.15) is 0 Å². The molecule has 5 nitrogen and oxygen atoms in total. The van der Waals surface area contributed by atoms with Crippen LogP contribution < -0.4 is 11.5 Å². The van der Waals surface area contributed by atoms with Gasteiger partial charge in [0.15, 0.2) is 5.96 Å². The second kappa shape index (κ2) is 11.7. The van der Waals surface area contributed by atoms with E-state index in [1.54, 1.807) is 0 Å². The van der Waals surface area contributed by atoms with Crippen molar-refractivity contribution in [2.75, 3.05) is 13.6 Å². The summed E-state index contributed by atoms with van der Waals surface area (Å²) in [5, 5.41) is 0. The maximum absolute atomic E-state index is 5.95. The van der Waals surface area contributed by atoms with Crippen molar-refractivity contribution in [2.45, 2.75) is 70.8 Å². The van der Waals surface area contributed by atoms with E-state index in [1.807, 2.05) is 11.9 Å². The van der Waals surface area contributed by atoms with Crippen LogP contribution in [0.3, 0.4) is 0 Å². The van der Waals surface area contributed by atoms with Crippen molar-refractivity contribution < 1.29 is 0 Å². The van der Waals surface area contributed by atoms with Gasteiger partial charge in [0, 0.05) is 13.6 Å². The lowest BCUT2D eigenvalue weighted by Gasteiger charge is -2.19. The van der Waals surface area contributed by atoms with Crippen molar-refractivity contribution in [3.8, 4) is 0 Å². The van der Waals surface area contributed by atoms with E-state index in [0.717, 1.165) is 25.8 Å². The molecule has 6 heteroatoms. The summed E-state index contributed by atoms with van der Waals surface area (Å²) in [6.07, 6.45) is 11.0. The van der Waals surface area contributed by atoms with E-state index in [1.165, 1.54) is 38.5 Å². The van der Waals surface area contributed by atoms with Crippen LogP contribution in [-0.2, 0) is 0 Å². The normalized spacial score (nSPS) is 17.4. The zero-order valence-corrected chi connectivity index (χ0v) is 14.4. The number of nitrogens with two attached hydrogens (primary N) is 2. The third-order valence-corrected chi connectivity index (χ3v) is 3.86. The minimum atomic E-state index is 0. The topological polar surface area (TPSA) is 80.0 Å². The number of hydrogen-bond donors (Lipinski definition) is 2. The van der Waals surface area contributed by atoms with Gasteiger partial charge in [-0.2, -0.15) is 4.99 Å². The average Bonchev–Trinajstić information content (AvgIpc) is 2.44. The lowest BCUT2D eigenvalue weighted by atomic mass is 9.96. The summed E-state index contributed by atoms with van der Waals surface area (Å²) < 4.78 is 0. The Morgan fingerprint density at radius 2 is 1.76 bits per heavy atom. The highest BCUT2D eigenvalue weighted by Crippen LogP contribution is 2.20. The molecule has 0 aromatic rings. The monoisotopic (exact) mass is 317 g/mol. The van der Waals surface area contributed by atoms with Crippen LogP contribution in [0.5, 0.6) is 0 Å². The Morgan fingerprint density at radius 3 is 2.38 bits per heavy atom. The molecule has 0 unspecified atom stereocenters. The molecule has 0 amide bonds. The van der Waals surface area contributed by atoms with Crippen LogP contribution in [0.4, 0.5) is 0 Å². The first-order valence-electron chi connectivity index (χ1n) is 8.02. The van der Waals surface area contributed by atoms with Gasteiger partial charge in [-0.1, -0.05) is 45.4 Å². The van der Waals surface area contributed by atoms with E-state index in [9.17, 15) is 0 Å². The number of unbranched alkanes of at least 4 members (excludes halogenated alkanes) is 3. The predicted molar refractivity (Wildman–Crippen MR) is 94.1 cm³/mol. The number of halogens is 1. The van der Waals surface area contributed by atoms with Crippen LogP contribution >= 0.6 is 12.4 Å². The Morgan fingerprint density at radius 1 is 1.10 bits per heavy atom. The molecule has 0 aromatic carbocycles. The van der Waals surface area contributed by atoms with E-state index in [2.05, 4.69) is 16.9 Å². The van der Waals surface area contributed by atoms with Crippen molar-refractivity contribution in [2.24, 2.45) is 21.5 Å². The maximum Gasteiger partial charge on any atom is 0.218 e. The zero-order chi connectivity index (χ0) is 14.8. The minimum Gasteiger partial charge on any atom is -0.369 e. The first kappa shape index (κ1) is 20.0. The van der Waals surface area contributed by atoms with Crippen molar-refractivity contribution in [1.29, 1.82) is 0 Å². The second-order valence-electron chi connectivity index (χ2n) is 5.73. The minimum absolute atomic E-state index is 0. The lowest BCUT2D eigenvalue weighted by Crippen LogP contribution is -2.36. The molecule has 1 saturated carbocycles. The Hall–Kier alpha value is -0.970. The van der Waals surface area contributed by atoms with E-state index >= 15 is 0 Å². The Balaban J connectivity index is 0.00000400. The number of aliphatic imine (C=N–C) groups is 2. The SMILES string of the molecule is CCCCCCN(C)C(N)=NC(N)=NC1CCCCC1.Cl. The lowest BCUT2D eigenvalue weighted by molar-refractivity contribution is 0.442. The molecule has 124 valence electrons. The van der Waals surface area contributed by atoms with Gasteiger partial charge in [0.05, 0.1) is 6.04 Å². The van der Waals surface area contributed by atoms with Crippen molar-refractivity contribution in [1.82, 2.24) is 4.90 Å². The van der Waals surface area contributed by atoms with E-state index in [0.29, 0.717) is 18.0 Å². The molecule has 0 heterocycles. The average molecular weight is 318 g/mol. The molecule has 0 aliphatic heterocycles. The van der Waals surface area contributed by atoms with Crippen LogP contribution in [-0.4, -0.2) is 36.5 Å². The summed E-state index contributed by atoms with van der Waals surface area (Å²) in [6, 6.07) is 0.343. The largest absolute Gasteiger partial charge is 0.369 e. The molecular formula is C15H32ClN5. The fourth-order valence-corrected chi connectivity index (χ4v) is 2.52. The number of guanidine groups is 2. The van der Waals surface area contributed by atoms with Gasteiger partial charge in [-0.25, -0.2) is 4.99 Å². The molecule has 0 saturated heterocycles. The fraction of sp³-hybridized carbons (Fsp3) is 0.867. The molecule has 0 aromatic heterocycles. The van der Waals surface area contributed by atoms with Crippen LogP contribution in [0.2, 0.25) is 0 Å². The summed E-state index contributed by atoms with van der Waals surface area (Å²) in [5.41, 5.74) is 11.8. The second-order valence-corrected chi connectivity index (χ2v) is 5.73. The van der Waals surface area contributed by atoms with Gasteiger partial charge in [0.25, 0.3) is 0 Å². The summed E-state index contributed by atoms with van der Waals surface area (Å²) >= 11 is 0. The molecular weight excluding hydrogens is 286 g/mol. The third kappa shape index (κ3) is 8.81. The summed E-state index contributed by atoms with van der Waals surface area (Å²) in [7, 11) is 1.96. The third-order valence-electron chi connectivity index (χ3n) is 3.86. The summed E-state index contributed by atoms with van der Waals surface area (Å²) in [4.78, 5) is 10.6. The quantitative estimate of drug-likeness (QED) is 0.449. The molecule has 1 fully saturated rings. The standard InChI is InChI=1S/C15H31N5.ClH/c1-3-4-5-9-12-20(2)15(17)19-14(16)18-13-10-7-6-8-11-13;/h13H,3-12H2,1-2H3,(H4,16,17,18,19);1H. The van der Waals surface area contributed by atoms with Crippen LogP contribution in [0.1, 0.15) is 64.7 Å². The highest BCUT2D eigenvalue weighted by molar-refractivity contribution is 5.93. The van der Waals surface area contributed by atoms with Gasteiger partial charge >= 0.3 is 0 Å². The Kier molecular flexibility index (Phi) is 11.1. The smallest absolute Gasteiger partial charge is 0.218 e. The fourth-order valence-electron chi connectivity index (χ4n) is 2.52. The summed E-state index contributed by atoms with van der Waals surface area (Å²) in [5.74, 6) is 0.799. The van der Waals surface area contributed by atoms with Gasteiger partial charge in [-0.15, -0.1) is 12.4 Å². The van der Waals surface area contributed by atoms with Gasteiger partial charge < -0.3 is 16.4 Å². The van der Waals surface area contributed by atoms with Crippen LogP contribution in [0, 0.1) is 0 Å². The van der Waals surface area contributed by atoms with E-state index in [-0.39, 0.29) is 12.4 Å². The molecule has 0 radical (unpaired) electrons. The first-order valence-corrected chi connectivity index (χ1v) is 8.02. The first-order chi connectivity index (χ1) is 9.63. The molecule has 4 N–H and O–H groups in total. The van der Waals surface area contributed by atoms with Crippen molar-refractivity contribution in [3.63, 3.8) is 0 Å². The predicted octanol–water partition coefficient (Wildman–Crippen LogP) is 2.88. The van der Waals surface area contributed by atoms with Crippen molar-refractivity contribution in [3.05, 3.63) is 0 Å². The maximum atomic E-state index is 5.95. The van der Waals surface area contributed by atoms with Crippen molar-refractivity contribution >= 4 is 24.3 Å². The number of nitrogens with zero attached hydrogens (tertiary/aromatic N) is 3. The van der Waals surface area contributed by atoms with Crippen LogP contribution in [0.25, 0.3) is 0 Å². The molecule has 21 heavy (non-hydrogen) atoms. The van der Waals surface area contributed by atoms with Gasteiger partial charge in [-0.3, -0.25) is 0 Å². The molecule has 1 aliphatic carbocycles. The summed E-state index contributed by atoms with van der Waals surface area (Å²) in [6.45, 7) is 3.13. The van der Waals surface area contributed by atoms with Gasteiger partial charge in [0.2, 0.25) is 5.96 Å². The van der Waals surface area contributed by atoms with Crippen LogP contribution in [0.15, 0.2) is 9.98 Å². The van der Waals surface area contributed by atoms with E-state index < -0.39 is 0 Å². The molecule has 1 aliphatic rings. The zero-order valence-electron chi connectivity index (χ0n) is 13.6. The Labute approximate surface area is 135 Å². The molecule has 1 rings (SSSR count). The molecule has 0 atom stereocenters. The highest BCUT2D eigenvalue weighted by Gasteiger charge is 2.12.